The molecule has 0 N–H and O–H groups in total. The van der Waals surface area contributed by atoms with Crippen molar-refractivity contribution in [3.05, 3.63) is 0 Å². The smallest absolute Gasteiger partial charge is 0.120 e. The summed E-state index contributed by atoms with van der Waals surface area (Å²) < 4.78 is 12.0. The summed E-state index contributed by atoms with van der Waals surface area (Å²) >= 11 is 0. The summed E-state index contributed by atoms with van der Waals surface area (Å²) in [6, 6.07) is 0. The molecule has 0 aromatic carbocycles. The van der Waals surface area contributed by atoms with E-state index in [1.54, 1.807) is 0 Å². The third-order valence-electron chi connectivity index (χ3n) is 1.61. The lowest BCUT2D eigenvalue weighted by atomic mass is 9.82. The summed E-state index contributed by atoms with van der Waals surface area (Å²) in [5, 5.41) is 0. The maximum absolute atomic E-state index is 12.0. The van der Waals surface area contributed by atoms with E-state index in [4.69, 9.17) is 0 Å². The Hall–Kier alpha value is -0.400. The predicted molar refractivity (Wildman–Crippen MR) is 28.3 cm³/mol. The van der Waals surface area contributed by atoms with Crippen LogP contribution in [0.2, 0.25) is 0 Å². The van der Waals surface area contributed by atoms with Crippen molar-refractivity contribution >= 4 is 6.29 Å². The standard InChI is InChI=1S/C6H9FO/c7-6-3-5(4-6)1-2-8/h2,5-6H,1,3-4H2. The maximum Gasteiger partial charge on any atom is 0.120 e. The summed E-state index contributed by atoms with van der Waals surface area (Å²) in [6.07, 6.45) is 2.04. The first-order valence-corrected chi connectivity index (χ1v) is 2.90. The van der Waals surface area contributed by atoms with Gasteiger partial charge in [-0.2, -0.15) is 0 Å². The molecule has 0 bridgehead atoms. The fraction of sp³-hybridized carbons (Fsp3) is 0.833. The number of alkyl halides is 1. The molecule has 2 heteroatoms. The van der Waals surface area contributed by atoms with Gasteiger partial charge in [0, 0.05) is 6.42 Å². The molecule has 0 atom stereocenters. The molecule has 0 aromatic heterocycles. The van der Waals surface area contributed by atoms with Gasteiger partial charge in [-0.15, -0.1) is 0 Å². The molecule has 0 amide bonds. The molecule has 0 radical (unpaired) electrons. The predicted octanol–water partition coefficient (Wildman–Crippen LogP) is 1.32. The zero-order chi connectivity index (χ0) is 5.98. The Morgan fingerprint density at radius 3 is 2.62 bits per heavy atom. The summed E-state index contributed by atoms with van der Waals surface area (Å²) in [5.41, 5.74) is 0. The van der Waals surface area contributed by atoms with E-state index in [9.17, 15) is 9.18 Å². The van der Waals surface area contributed by atoms with Gasteiger partial charge in [0.05, 0.1) is 0 Å². The van der Waals surface area contributed by atoms with E-state index >= 15 is 0 Å². The summed E-state index contributed by atoms with van der Waals surface area (Å²) in [7, 11) is 0. The molecule has 0 aliphatic heterocycles. The molecule has 0 aromatic rings. The molecule has 1 aliphatic carbocycles. The van der Waals surface area contributed by atoms with Crippen LogP contribution in [0, 0.1) is 5.92 Å². The highest BCUT2D eigenvalue weighted by Gasteiger charge is 2.27. The molecular weight excluding hydrogens is 107 g/mol. The van der Waals surface area contributed by atoms with Crippen LogP contribution in [-0.2, 0) is 4.79 Å². The van der Waals surface area contributed by atoms with E-state index in [0.29, 0.717) is 25.2 Å². The Morgan fingerprint density at radius 2 is 2.25 bits per heavy atom. The molecule has 0 spiro atoms. The van der Waals surface area contributed by atoms with Gasteiger partial charge in [0.1, 0.15) is 12.5 Å². The largest absolute Gasteiger partial charge is 0.303 e. The normalized spacial score (nSPS) is 36.1. The van der Waals surface area contributed by atoms with Crippen LogP contribution in [0.5, 0.6) is 0 Å². The van der Waals surface area contributed by atoms with Crippen LogP contribution in [0.15, 0.2) is 0 Å². The van der Waals surface area contributed by atoms with Gasteiger partial charge in [-0.05, 0) is 18.8 Å². The molecule has 1 nitrogen and oxygen atoms in total. The van der Waals surface area contributed by atoms with E-state index in [2.05, 4.69) is 0 Å². The zero-order valence-electron chi connectivity index (χ0n) is 4.64. The van der Waals surface area contributed by atoms with Gasteiger partial charge in [0.25, 0.3) is 0 Å². The molecule has 1 aliphatic rings. The van der Waals surface area contributed by atoms with Gasteiger partial charge in [-0.1, -0.05) is 0 Å². The second kappa shape index (κ2) is 2.25. The van der Waals surface area contributed by atoms with E-state index < -0.39 is 6.17 Å². The van der Waals surface area contributed by atoms with Crippen LogP contribution in [0.3, 0.4) is 0 Å². The van der Waals surface area contributed by atoms with Crippen molar-refractivity contribution in [1.82, 2.24) is 0 Å². The van der Waals surface area contributed by atoms with Crippen LogP contribution in [0.4, 0.5) is 4.39 Å². The average molecular weight is 116 g/mol. The zero-order valence-corrected chi connectivity index (χ0v) is 4.64. The van der Waals surface area contributed by atoms with Gasteiger partial charge < -0.3 is 4.79 Å². The van der Waals surface area contributed by atoms with Gasteiger partial charge in [0.15, 0.2) is 0 Å². The van der Waals surface area contributed by atoms with Crippen molar-refractivity contribution in [2.24, 2.45) is 5.92 Å². The van der Waals surface area contributed by atoms with Crippen LogP contribution in [0.25, 0.3) is 0 Å². The van der Waals surface area contributed by atoms with Gasteiger partial charge in [-0.3, -0.25) is 0 Å². The van der Waals surface area contributed by atoms with E-state index in [1.807, 2.05) is 0 Å². The van der Waals surface area contributed by atoms with Crippen LogP contribution in [0.1, 0.15) is 19.3 Å². The van der Waals surface area contributed by atoms with E-state index in [0.717, 1.165) is 6.29 Å². The average Bonchev–Trinajstić information content (AvgIpc) is 1.64. The second-order valence-corrected chi connectivity index (χ2v) is 2.34. The third kappa shape index (κ3) is 1.05. The Morgan fingerprint density at radius 1 is 1.62 bits per heavy atom. The lowest BCUT2D eigenvalue weighted by Crippen LogP contribution is -2.24. The molecular formula is C6H9FO. The van der Waals surface area contributed by atoms with E-state index in [1.165, 1.54) is 0 Å². The van der Waals surface area contributed by atoms with E-state index in [-0.39, 0.29) is 0 Å². The first kappa shape index (κ1) is 5.73. The summed E-state index contributed by atoms with van der Waals surface area (Å²) in [6.45, 7) is 0. The molecule has 0 heterocycles. The molecule has 46 valence electrons. The quantitative estimate of drug-likeness (QED) is 0.497. The highest BCUT2D eigenvalue weighted by molar-refractivity contribution is 5.49. The fourth-order valence-electron chi connectivity index (χ4n) is 0.983. The molecule has 1 fully saturated rings. The number of aldehydes is 1. The summed E-state index contributed by atoms with van der Waals surface area (Å²) in [5.74, 6) is 0.363. The number of carbonyl (C=O) groups is 1. The van der Waals surface area contributed by atoms with Crippen molar-refractivity contribution in [1.29, 1.82) is 0 Å². The molecule has 0 saturated heterocycles. The Balaban J connectivity index is 2.06. The Bertz CT molecular complexity index is 86.5. The topological polar surface area (TPSA) is 17.1 Å². The Labute approximate surface area is 47.9 Å². The second-order valence-electron chi connectivity index (χ2n) is 2.34. The number of halogens is 1. The van der Waals surface area contributed by atoms with Gasteiger partial charge in [0.2, 0.25) is 0 Å². The van der Waals surface area contributed by atoms with Crippen LogP contribution < -0.4 is 0 Å². The molecule has 0 unspecified atom stereocenters. The lowest BCUT2D eigenvalue weighted by molar-refractivity contribution is -0.109. The first-order valence-electron chi connectivity index (χ1n) is 2.90. The molecule has 1 saturated carbocycles. The molecule has 8 heavy (non-hydrogen) atoms. The van der Waals surface area contributed by atoms with Crippen LogP contribution >= 0.6 is 0 Å². The van der Waals surface area contributed by atoms with Crippen molar-refractivity contribution in [3.8, 4) is 0 Å². The SMILES string of the molecule is O=CCC1CC(F)C1. The highest BCUT2D eigenvalue weighted by Crippen LogP contribution is 2.31. The van der Waals surface area contributed by atoms with Gasteiger partial charge in [-0.25, -0.2) is 4.39 Å². The van der Waals surface area contributed by atoms with Crippen LogP contribution in [-0.4, -0.2) is 12.5 Å². The fourth-order valence-corrected chi connectivity index (χ4v) is 0.983. The Kier molecular flexibility index (Phi) is 1.61. The minimum absolute atomic E-state index is 0.363. The summed E-state index contributed by atoms with van der Waals surface area (Å²) in [4.78, 5) is 9.79. The monoisotopic (exact) mass is 116 g/mol. The maximum atomic E-state index is 12.0. The number of hydrogen-bond donors (Lipinski definition) is 0. The molecule has 1 rings (SSSR count). The first-order chi connectivity index (χ1) is 3.83. The highest BCUT2D eigenvalue weighted by atomic mass is 19.1. The van der Waals surface area contributed by atoms with Gasteiger partial charge >= 0.3 is 0 Å². The van der Waals surface area contributed by atoms with Crippen molar-refractivity contribution < 1.29 is 9.18 Å². The number of carbonyl (C=O) groups excluding carboxylic acids is 1. The minimum Gasteiger partial charge on any atom is -0.303 e. The number of hydrogen-bond acceptors (Lipinski definition) is 1. The van der Waals surface area contributed by atoms with Crippen molar-refractivity contribution in [2.75, 3.05) is 0 Å². The minimum atomic E-state index is -0.611. The third-order valence-corrected chi connectivity index (χ3v) is 1.61. The van der Waals surface area contributed by atoms with Crippen molar-refractivity contribution in [3.63, 3.8) is 0 Å². The van der Waals surface area contributed by atoms with Crippen molar-refractivity contribution in [2.45, 2.75) is 25.4 Å². The number of rotatable bonds is 2. The lowest BCUT2D eigenvalue weighted by Gasteiger charge is -2.27.